The number of ether oxygens (including phenoxy) is 1. The summed E-state index contributed by atoms with van der Waals surface area (Å²) < 4.78 is 5.59. The second-order valence-electron chi connectivity index (χ2n) is 4.47. The van der Waals surface area contributed by atoms with Gasteiger partial charge in [0.1, 0.15) is 0 Å². The van der Waals surface area contributed by atoms with Gasteiger partial charge in [0.25, 0.3) is 5.91 Å². The molecule has 1 fully saturated rings. The average Bonchev–Trinajstić information content (AvgIpc) is 2.74. The summed E-state index contributed by atoms with van der Waals surface area (Å²) in [5.74, 6) is -0.206. The summed E-state index contributed by atoms with van der Waals surface area (Å²) in [5, 5.41) is 10.5. The molecule has 1 amide bonds. The summed E-state index contributed by atoms with van der Waals surface area (Å²) >= 11 is 6.72. The predicted octanol–water partition coefficient (Wildman–Crippen LogP) is 1.74. The molecular weight excluding hydrogens is 262 g/mol. The van der Waals surface area contributed by atoms with Gasteiger partial charge >= 0.3 is 0 Å². The topological polar surface area (TPSA) is 64.1 Å². The van der Waals surface area contributed by atoms with E-state index >= 15 is 0 Å². The molecule has 1 aromatic rings. The van der Waals surface area contributed by atoms with E-state index in [2.05, 4.69) is 22.4 Å². The van der Waals surface area contributed by atoms with Crippen LogP contribution in [-0.4, -0.2) is 35.9 Å². The maximum atomic E-state index is 11.7. The molecule has 0 radical (unpaired) electrons. The monoisotopic (exact) mass is 275 g/mol. The molecule has 0 atom stereocenters. The maximum absolute atomic E-state index is 11.7. The number of hydrogen-bond donors (Lipinski definition) is 1. The minimum Gasteiger partial charge on any atom is -0.381 e. The Morgan fingerprint density at radius 1 is 1.53 bits per heavy atom. The molecule has 0 saturated carbocycles. The highest BCUT2D eigenvalue weighted by Gasteiger charge is 2.28. The summed E-state index contributed by atoms with van der Waals surface area (Å²) in [6, 6.07) is 0. The van der Waals surface area contributed by atoms with E-state index in [9.17, 15) is 4.79 Å². The van der Waals surface area contributed by atoms with Crippen molar-refractivity contribution >= 4 is 28.8 Å². The van der Waals surface area contributed by atoms with Crippen molar-refractivity contribution in [2.45, 2.75) is 19.8 Å². The van der Waals surface area contributed by atoms with E-state index in [0.717, 1.165) is 37.4 Å². The summed E-state index contributed by atoms with van der Waals surface area (Å²) in [6.45, 7) is 4.31. The van der Waals surface area contributed by atoms with Crippen LogP contribution in [0.5, 0.6) is 0 Å². The molecule has 1 aliphatic heterocycles. The Morgan fingerprint density at radius 2 is 2.24 bits per heavy atom. The number of rotatable bonds is 3. The molecule has 7 heteroatoms. The first-order valence-electron chi connectivity index (χ1n) is 5.44. The number of carbonyl (C=O) groups is 1. The molecule has 0 aliphatic carbocycles. The molecule has 2 rings (SSSR count). The summed E-state index contributed by atoms with van der Waals surface area (Å²) in [6.07, 6.45) is 1.92. The highest BCUT2D eigenvalue weighted by molar-refractivity contribution is 7.17. The van der Waals surface area contributed by atoms with Crippen LogP contribution in [0, 0.1) is 5.41 Å². The molecule has 17 heavy (non-hydrogen) atoms. The van der Waals surface area contributed by atoms with E-state index in [-0.39, 0.29) is 15.8 Å². The molecule has 1 aromatic heterocycles. The lowest BCUT2D eigenvalue weighted by molar-refractivity contribution is 0.0238. The van der Waals surface area contributed by atoms with Gasteiger partial charge in [-0.25, -0.2) is 0 Å². The van der Waals surface area contributed by atoms with Gasteiger partial charge in [-0.3, -0.25) is 4.79 Å². The number of carbonyl (C=O) groups excluding carboxylic acids is 1. The zero-order valence-electron chi connectivity index (χ0n) is 9.53. The van der Waals surface area contributed by atoms with Crippen molar-refractivity contribution in [3.05, 3.63) is 9.47 Å². The van der Waals surface area contributed by atoms with E-state index < -0.39 is 0 Å². The minimum atomic E-state index is -0.206. The first kappa shape index (κ1) is 12.7. The van der Waals surface area contributed by atoms with E-state index in [0.29, 0.717) is 11.6 Å². The molecule has 1 N–H and O–H groups in total. The van der Waals surface area contributed by atoms with E-state index in [1.807, 2.05) is 0 Å². The molecule has 0 spiro atoms. The van der Waals surface area contributed by atoms with Crippen LogP contribution in [0.4, 0.5) is 0 Å². The van der Waals surface area contributed by atoms with Gasteiger partial charge in [-0.15, -0.1) is 10.2 Å². The number of aromatic nitrogens is 2. The van der Waals surface area contributed by atoms with E-state index in [1.165, 1.54) is 0 Å². The molecule has 0 bridgehead atoms. The third kappa shape index (κ3) is 3.37. The van der Waals surface area contributed by atoms with Crippen molar-refractivity contribution in [3.63, 3.8) is 0 Å². The van der Waals surface area contributed by atoms with Crippen LogP contribution in [0.1, 0.15) is 29.6 Å². The normalized spacial score (nSPS) is 18.9. The van der Waals surface area contributed by atoms with Crippen LogP contribution >= 0.6 is 22.9 Å². The Morgan fingerprint density at radius 3 is 2.82 bits per heavy atom. The summed E-state index contributed by atoms with van der Waals surface area (Å²) in [5.41, 5.74) is 0.113. The van der Waals surface area contributed by atoms with Crippen molar-refractivity contribution in [1.29, 1.82) is 0 Å². The molecule has 0 unspecified atom stereocenters. The van der Waals surface area contributed by atoms with E-state index in [4.69, 9.17) is 16.3 Å². The number of amides is 1. The Balaban J connectivity index is 1.87. The lowest BCUT2D eigenvalue weighted by Gasteiger charge is -2.33. The van der Waals surface area contributed by atoms with Crippen molar-refractivity contribution in [2.75, 3.05) is 19.8 Å². The lowest BCUT2D eigenvalue weighted by Crippen LogP contribution is -2.39. The second-order valence-corrected chi connectivity index (χ2v) is 6.03. The van der Waals surface area contributed by atoms with Crippen LogP contribution in [0.25, 0.3) is 0 Å². The minimum absolute atomic E-state index is 0.113. The zero-order valence-corrected chi connectivity index (χ0v) is 11.1. The molecule has 94 valence electrons. The van der Waals surface area contributed by atoms with Crippen molar-refractivity contribution in [2.24, 2.45) is 5.41 Å². The SMILES string of the molecule is CC1(CNC(=O)c2nnc(Cl)s2)CCOCC1. The Bertz CT molecular complexity index is 404. The van der Waals surface area contributed by atoms with Gasteiger partial charge in [-0.2, -0.15) is 0 Å². The van der Waals surface area contributed by atoms with Crippen LogP contribution in [0.2, 0.25) is 4.47 Å². The summed E-state index contributed by atoms with van der Waals surface area (Å²) in [4.78, 5) is 11.7. The highest BCUT2D eigenvalue weighted by Crippen LogP contribution is 2.28. The molecular formula is C10H14ClN3O2S. The first-order valence-corrected chi connectivity index (χ1v) is 6.63. The third-order valence-corrected chi connectivity index (χ3v) is 3.99. The lowest BCUT2D eigenvalue weighted by atomic mass is 9.82. The predicted molar refractivity (Wildman–Crippen MR) is 65.4 cm³/mol. The first-order chi connectivity index (χ1) is 8.09. The molecule has 0 aromatic carbocycles. The highest BCUT2D eigenvalue weighted by atomic mass is 35.5. The fraction of sp³-hybridized carbons (Fsp3) is 0.700. The zero-order chi connectivity index (χ0) is 12.3. The Hall–Kier alpha value is -0.720. The largest absolute Gasteiger partial charge is 0.381 e. The smallest absolute Gasteiger partial charge is 0.282 e. The van der Waals surface area contributed by atoms with Crippen LogP contribution < -0.4 is 5.32 Å². The number of halogens is 1. The van der Waals surface area contributed by atoms with Gasteiger partial charge in [0.15, 0.2) is 0 Å². The van der Waals surface area contributed by atoms with Gasteiger partial charge in [-0.1, -0.05) is 18.3 Å². The van der Waals surface area contributed by atoms with Crippen molar-refractivity contribution in [1.82, 2.24) is 15.5 Å². The van der Waals surface area contributed by atoms with Gasteiger partial charge in [0.2, 0.25) is 9.47 Å². The standard InChI is InChI=1S/C10H14ClN3O2S/c1-10(2-4-16-5-3-10)6-12-7(15)8-13-14-9(11)17-8/h2-6H2,1H3,(H,12,15). The van der Waals surface area contributed by atoms with Crippen molar-refractivity contribution < 1.29 is 9.53 Å². The Labute approximate surface area is 109 Å². The fourth-order valence-corrected chi connectivity index (χ4v) is 2.45. The van der Waals surface area contributed by atoms with Crippen LogP contribution in [-0.2, 0) is 4.74 Å². The number of nitrogens with zero attached hydrogens (tertiary/aromatic N) is 2. The summed E-state index contributed by atoms with van der Waals surface area (Å²) in [7, 11) is 0. The average molecular weight is 276 g/mol. The van der Waals surface area contributed by atoms with Gasteiger partial charge in [-0.05, 0) is 29.9 Å². The van der Waals surface area contributed by atoms with Gasteiger partial charge < -0.3 is 10.1 Å². The second kappa shape index (κ2) is 5.29. The van der Waals surface area contributed by atoms with Crippen LogP contribution in [0.15, 0.2) is 0 Å². The van der Waals surface area contributed by atoms with Crippen molar-refractivity contribution in [3.8, 4) is 0 Å². The maximum Gasteiger partial charge on any atom is 0.282 e. The third-order valence-electron chi connectivity index (χ3n) is 2.97. The van der Waals surface area contributed by atoms with Crippen LogP contribution in [0.3, 0.4) is 0 Å². The van der Waals surface area contributed by atoms with Gasteiger partial charge in [0.05, 0.1) is 0 Å². The van der Waals surface area contributed by atoms with Gasteiger partial charge in [0, 0.05) is 19.8 Å². The fourth-order valence-electron chi connectivity index (χ4n) is 1.71. The van der Waals surface area contributed by atoms with E-state index in [1.54, 1.807) is 0 Å². The molecule has 2 heterocycles. The Kier molecular flexibility index (Phi) is 3.96. The molecule has 1 saturated heterocycles. The molecule has 5 nitrogen and oxygen atoms in total. The number of nitrogens with one attached hydrogen (secondary N) is 1. The number of hydrogen-bond acceptors (Lipinski definition) is 5. The quantitative estimate of drug-likeness (QED) is 0.913. The molecule has 1 aliphatic rings.